The Bertz CT molecular complexity index is 1200. The van der Waals surface area contributed by atoms with Crippen molar-refractivity contribution in [3.05, 3.63) is 52.7 Å². The molecule has 0 spiro atoms. The molecule has 0 saturated carbocycles. The van der Waals surface area contributed by atoms with Gasteiger partial charge in [-0.05, 0) is 35.7 Å². The molecule has 0 aliphatic rings. The van der Waals surface area contributed by atoms with Crippen LogP contribution >= 0.6 is 22.7 Å². The second kappa shape index (κ2) is 10.3. The summed E-state index contributed by atoms with van der Waals surface area (Å²) in [6, 6.07) is 13.2. The molecule has 3 rings (SSSR count). The van der Waals surface area contributed by atoms with Crippen molar-refractivity contribution >= 4 is 43.7 Å². The fraction of sp³-hybridized carbons (Fsp3) is 0.200. The topological polar surface area (TPSA) is 127 Å². The van der Waals surface area contributed by atoms with Crippen LogP contribution in [-0.2, 0) is 10.0 Å². The monoisotopic (exact) mass is 471 g/mol. The van der Waals surface area contributed by atoms with Gasteiger partial charge >= 0.3 is 0 Å². The van der Waals surface area contributed by atoms with Crippen molar-refractivity contribution in [3.63, 3.8) is 0 Å². The van der Waals surface area contributed by atoms with E-state index in [4.69, 9.17) is 10.5 Å². The Hall–Kier alpha value is -3.09. The van der Waals surface area contributed by atoms with E-state index in [2.05, 4.69) is 10.3 Å². The Balaban J connectivity index is 1.72. The second-order valence-electron chi connectivity index (χ2n) is 6.21. The molecule has 158 valence electrons. The number of benzene rings is 1. The second-order valence-corrected chi connectivity index (χ2v) is 9.96. The highest BCUT2D eigenvalue weighted by Crippen LogP contribution is 2.28. The number of hydrogen-bond acceptors (Lipinski definition) is 8. The summed E-state index contributed by atoms with van der Waals surface area (Å²) < 4.78 is 26.8. The maximum absolute atomic E-state index is 12.8. The zero-order chi connectivity index (χ0) is 22.3. The van der Waals surface area contributed by atoms with E-state index in [1.807, 2.05) is 35.0 Å². The minimum Gasteiger partial charge on any atom is -0.298 e. The molecule has 1 N–H and O–H groups in total. The fourth-order valence-electron chi connectivity index (χ4n) is 2.67. The number of thiophene rings is 1. The van der Waals surface area contributed by atoms with Gasteiger partial charge < -0.3 is 0 Å². The van der Waals surface area contributed by atoms with Crippen molar-refractivity contribution in [1.82, 2.24) is 9.29 Å². The summed E-state index contributed by atoms with van der Waals surface area (Å²) in [5, 5.41) is 24.5. The molecule has 0 bridgehead atoms. The maximum atomic E-state index is 12.8. The quantitative estimate of drug-likeness (QED) is 0.503. The average molecular weight is 472 g/mol. The van der Waals surface area contributed by atoms with E-state index in [9.17, 15) is 13.2 Å². The van der Waals surface area contributed by atoms with Crippen molar-refractivity contribution < 1.29 is 13.2 Å². The van der Waals surface area contributed by atoms with E-state index >= 15 is 0 Å². The number of rotatable bonds is 9. The van der Waals surface area contributed by atoms with Crippen LogP contribution in [0.3, 0.4) is 0 Å². The van der Waals surface area contributed by atoms with Crippen molar-refractivity contribution in [2.24, 2.45) is 0 Å². The van der Waals surface area contributed by atoms with Gasteiger partial charge in [0.05, 0.1) is 27.6 Å². The van der Waals surface area contributed by atoms with Gasteiger partial charge in [-0.25, -0.2) is 13.4 Å². The standard InChI is InChI=1S/C20H17N5O3S3/c21-9-2-11-25(12-3-10-22)31(27,28)16-7-5-15(6-8-16)19(26)24-20-23-17(14-30-20)18-4-1-13-29-18/h1,4-8,13-14H,2-3,11-12H2,(H,23,24,26). The van der Waals surface area contributed by atoms with E-state index in [0.29, 0.717) is 5.13 Å². The molecule has 8 nitrogen and oxygen atoms in total. The number of nitriles is 2. The van der Waals surface area contributed by atoms with Gasteiger partial charge in [-0.2, -0.15) is 14.8 Å². The van der Waals surface area contributed by atoms with E-state index in [1.54, 1.807) is 11.3 Å². The first-order valence-electron chi connectivity index (χ1n) is 9.10. The third kappa shape index (κ3) is 5.54. The summed E-state index contributed by atoms with van der Waals surface area (Å²) in [5.74, 6) is -0.401. The van der Waals surface area contributed by atoms with Crippen LogP contribution in [0.1, 0.15) is 23.2 Å². The molecule has 0 fully saturated rings. The van der Waals surface area contributed by atoms with Crippen LogP contribution in [0.25, 0.3) is 10.6 Å². The van der Waals surface area contributed by atoms with Crippen molar-refractivity contribution in [3.8, 4) is 22.7 Å². The van der Waals surface area contributed by atoms with Crippen LogP contribution in [-0.4, -0.2) is 36.7 Å². The third-order valence-corrected chi connectivity index (χ3v) is 7.76. The number of amides is 1. The molecule has 11 heteroatoms. The molecule has 2 heterocycles. The smallest absolute Gasteiger partial charge is 0.257 e. The molecule has 1 amide bonds. The molecule has 2 aromatic heterocycles. The van der Waals surface area contributed by atoms with Crippen LogP contribution in [0.15, 0.2) is 52.1 Å². The first-order chi connectivity index (χ1) is 15.0. The Morgan fingerprint density at radius 3 is 2.32 bits per heavy atom. The highest BCUT2D eigenvalue weighted by Gasteiger charge is 2.24. The van der Waals surface area contributed by atoms with Crippen LogP contribution in [0, 0.1) is 22.7 Å². The molecule has 0 atom stereocenters. The number of nitrogens with one attached hydrogen (secondary N) is 1. The molecule has 0 aliphatic carbocycles. The van der Waals surface area contributed by atoms with Crippen molar-refractivity contribution in [2.75, 3.05) is 18.4 Å². The Morgan fingerprint density at radius 2 is 1.74 bits per heavy atom. The lowest BCUT2D eigenvalue weighted by Gasteiger charge is -2.20. The highest BCUT2D eigenvalue weighted by molar-refractivity contribution is 7.89. The van der Waals surface area contributed by atoms with E-state index in [-0.39, 0.29) is 36.4 Å². The molecule has 0 radical (unpaired) electrons. The summed E-state index contributed by atoms with van der Waals surface area (Å²) in [4.78, 5) is 17.9. The predicted molar refractivity (Wildman–Crippen MR) is 119 cm³/mol. The summed E-state index contributed by atoms with van der Waals surface area (Å²) >= 11 is 2.86. The number of anilines is 1. The molecular weight excluding hydrogens is 454 g/mol. The minimum absolute atomic E-state index is 0.000623. The van der Waals surface area contributed by atoms with Gasteiger partial charge in [-0.1, -0.05) is 6.07 Å². The fourth-order valence-corrected chi connectivity index (χ4v) is 5.57. The molecule has 0 aliphatic heterocycles. The van der Waals surface area contributed by atoms with Gasteiger partial charge in [0.15, 0.2) is 5.13 Å². The Kier molecular flexibility index (Phi) is 7.50. The zero-order valence-electron chi connectivity index (χ0n) is 16.2. The van der Waals surface area contributed by atoms with Gasteiger partial charge in [0.25, 0.3) is 5.91 Å². The number of carbonyl (C=O) groups excluding carboxylic acids is 1. The zero-order valence-corrected chi connectivity index (χ0v) is 18.6. The van der Waals surface area contributed by atoms with Gasteiger partial charge in [-0.15, -0.1) is 22.7 Å². The third-order valence-electron chi connectivity index (χ3n) is 4.20. The Morgan fingerprint density at radius 1 is 1.06 bits per heavy atom. The Labute approximate surface area is 188 Å². The summed E-state index contributed by atoms with van der Waals surface area (Å²) in [6.07, 6.45) is 0.0405. The number of sulfonamides is 1. The number of carbonyl (C=O) groups is 1. The number of thiazole rings is 1. The predicted octanol–water partition coefficient (Wildman–Crippen LogP) is 3.94. The lowest BCUT2D eigenvalue weighted by molar-refractivity contribution is 0.102. The molecular formula is C20H17N5O3S3. The van der Waals surface area contributed by atoms with Gasteiger partial charge in [0, 0.05) is 36.9 Å². The molecule has 1 aromatic carbocycles. The molecule has 0 unspecified atom stereocenters. The van der Waals surface area contributed by atoms with Crippen LogP contribution in [0.2, 0.25) is 0 Å². The SMILES string of the molecule is N#CCCN(CCC#N)S(=O)(=O)c1ccc(C(=O)Nc2nc(-c3cccs3)cs2)cc1. The number of hydrogen-bond donors (Lipinski definition) is 1. The average Bonchev–Trinajstić information content (AvgIpc) is 3.46. The van der Waals surface area contributed by atoms with E-state index in [1.165, 1.54) is 35.6 Å². The van der Waals surface area contributed by atoms with Gasteiger partial charge in [0.1, 0.15) is 0 Å². The van der Waals surface area contributed by atoms with Crippen LogP contribution < -0.4 is 5.32 Å². The lowest BCUT2D eigenvalue weighted by Crippen LogP contribution is -2.32. The van der Waals surface area contributed by atoms with Gasteiger partial charge in [0.2, 0.25) is 10.0 Å². The number of aromatic nitrogens is 1. The normalized spacial score (nSPS) is 11.1. The van der Waals surface area contributed by atoms with E-state index in [0.717, 1.165) is 14.9 Å². The minimum atomic E-state index is -3.88. The van der Waals surface area contributed by atoms with E-state index < -0.39 is 15.9 Å². The molecule has 31 heavy (non-hydrogen) atoms. The first kappa shape index (κ1) is 22.6. The van der Waals surface area contributed by atoms with Crippen LogP contribution in [0.5, 0.6) is 0 Å². The first-order valence-corrected chi connectivity index (χ1v) is 12.3. The van der Waals surface area contributed by atoms with Crippen molar-refractivity contribution in [1.29, 1.82) is 10.5 Å². The molecule has 0 saturated heterocycles. The van der Waals surface area contributed by atoms with Gasteiger partial charge in [-0.3, -0.25) is 10.1 Å². The maximum Gasteiger partial charge on any atom is 0.257 e. The highest BCUT2D eigenvalue weighted by atomic mass is 32.2. The summed E-state index contributed by atoms with van der Waals surface area (Å²) in [5.41, 5.74) is 1.07. The summed E-state index contributed by atoms with van der Waals surface area (Å²) in [6.45, 7) is -0.00125. The van der Waals surface area contributed by atoms with Crippen LogP contribution in [0.4, 0.5) is 5.13 Å². The number of nitrogens with zero attached hydrogens (tertiary/aromatic N) is 4. The largest absolute Gasteiger partial charge is 0.298 e. The molecule has 3 aromatic rings. The summed E-state index contributed by atoms with van der Waals surface area (Å²) in [7, 11) is -3.88. The van der Waals surface area contributed by atoms with Crippen molar-refractivity contribution in [2.45, 2.75) is 17.7 Å². The lowest BCUT2D eigenvalue weighted by atomic mass is 10.2.